The van der Waals surface area contributed by atoms with Crippen LogP contribution in [0.3, 0.4) is 0 Å². The average molecular weight is 412 g/mol. The molecule has 2 aromatic heterocycles. The number of nitrogens with one attached hydrogen (secondary N) is 1. The number of carbonyl (C=O) groups is 1. The molecule has 1 aromatic carbocycles. The molecule has 0 radical (unpaired) electrons. The lowest BCUT2D eigenvalue weighted by atomic mass is 10.1. The third-order valence-corrected chi connectivity index (χ3v) is 5.36. The van der Waals surface area contributed by atoms with Crippen molar-refractivity contribution in [1.82, 2.24) is 4.57 Å². The van der Waals surface area contributed by atoms with Gasteiger partial charge in [-0.25, -0.2) is 0 Å². The van der Waals surface area contributed by atoms with Gasteiger partial charge in [-0.3, -0.25) is 4.79 Å². The zero-order chi connectivity index (χ0) is 21.0. The van der Waals surface area contributed by atoms with Gasteiger partial charge in [-0.1, -0.05) is 23.7 Å². The van der Waals surface area contributed by atoms with Crippen molar-refractivity contribution in [2.75, 3.05) is 11.9 Å². The number of hydrogen-bond acceptors (Lipinski definition) is 3. The number of carbonyl (C=O) groups excluding carboxylic acids is 1. The second-order valence-electron chi connectivity index (χ2n) is 7.04. The normalized spacial score (nSPS) is 11.8. The Hall–Kier alpha value is -3.01. The number of quaternary nitrogens is 1. The van der Waals surface area contributed by atoms with Crippen molar-refractivity contribution in [3.05, 3.63) is 75.8 Å². The summed E-state index contributed by atoms with van der Waals surface area (Å²) in [5.41, 5.74) is 3.30. The van der Waals surface area contributed by atoms with Crippen molar-refractivity contribution in [1.29, 1.82) is 5.26 Å². The highest BCUT2D eigenvalue weighted by Gasteiger charge is 2.21. The molecule has 0 saturated heterocycles. The molecule has 0 aliphatic rings. The third kappa shape index (κ3) is 4.70. The highest BCUT2D eigenvalue weighted by molar-refractivity contribution is 6.30. The molecule has 0 aliphatic heterocycles. The van der Waals surface area contributed by atoms with E-state index in [1.165, 1.54) is 0 Å². The highest BCUT2D eigenvalue weighted by Crippen LogP contribution is 2.27. The maximum absolute atomic E-state index is 12.6. The molecule has 3 aromatic rings. The number of amides is 1. The van der Waals surface area contributed by atoms with Crippen LogP contribution in [0.5, 0.6) is 0 Å². The number of anilines is 1. The van der Waals surface area contributed by atoms with Gasteiger partial charge in [0.2, 0.25) is 0 Å². The topological polar surface area (TPSA) is 87.6 Å². The van der Waals surface area contributed by atoms with Crippen LogP contribution in [-0.4, -0.2) is 17.0 Å². The fourth-order valence-corrected chi connectivity index (χ4v) is 3.48. The van der Waals surface area contributed by atoms with E-state index in [-0.39, 0.29) is 18.5 Å². The molecule has 0 spiro atoms. The molecule has 150 valence electrons. The number of hydrogen-bond donors (Lipinski definition) is 2. The van der Waals surface area contributed by atoms with Crippen LogP contribution in [0.15, 0.2) is 47.1 Å². The fraction of sp³-hybridized carbons (Fsp3) is 0.273. The molecule has 0 bridgehead atoms. The Morgan fingerprint density at radius 3 is 2.79 bits per heavy atom. The lowest BCUT2D eigenvalue weighted by Crippen LogP contribution is -2.86. The smallest absolute Gasteiger partial charge is 0.280 e. The molecule has 0 fully saturated rings. The quantitative estimate of drug-likeness (QED) is 0.623. The largest absolute Gasteiger partial charge is 0.467 e. The summed E-state index contributed by atoms with van der Waals surface area (Å²) in [7, 11) is 0. The first-order valence-corrected chi connectivity index (χ1v) is 9.79. The van der Waals surface area contributed by atoms with Gasteiger partial charge >= 0.3 is 0 Å². The van der Waals surface area contributed by atoms with Gasteiger partial charge in [-0.2, -0.15) is 5.26 Å². The van der Waals surface area contributed by atoms with Crippen molar-refractivity contribution >= 4 is 23.3 Å². The molecular formula is C22H24ClN4O2+. The Kier molecular flexibility index (Phi) is 6.42. The van der Waals surface area contributed by atoms with Crippen molar-refractivity contribution in [2.45, 2.75) is 33.4 Å². The van der Waals surface area contributed by atoms with Crippen LogP contribution in [0.2, 0.25) is 5.02 Å². The molecule has 3 N–H and O–H groups in total. The van der Waals surface area contributed by atoms with Crippen LogP contribution in [0.4, 0.5) is 5.82 Å². The van der Waals surface area contributed by atoms with E-state index >= 15 is 0 Å². The SMILES string of the molecule is Cc1c(C#N)c(NC(=O)C[NH2+][C@H](C)c2cccc(Cl)c2)n(Cc2ccco2)c1C. The number of halogens is 1. The standard InChI is InChI=1S/C22H23ClN4O2/c1-14-16(3)27(13-19-8-5-9-29-19)22(20(14)11-24)26-21(28)12-25-15(2)17-6-4-7-18(23)10-17/h4-10,15,25H,12-13H2,1-3H3,(H,26,28)/p+1/t15-/m1/s1. The number of furan rings is 1. The molecule has 3 rings (SSSR count). The second kappa shape index (κ2) is 8.99. The van der Waals surface area contributed by atoms with Gasteiger partial charge in [0.05, 0.1) is 18.4 Å². The predicted octanol–water partition coefficient (Wildman–Crippen LogP) is 3.53. The Morgan fingerprint density at radius 2 is 2.14 bits per heavy atom. The van der Waals surface area contributed by atoms with Gasteiger partial charge in [0.15, 0.2) is 6.54 Å². The van der Waals surface area contributed by atoms with E-state index < -0.39 is 0 Å². The number of benzene rings is 1. The maximum atomic E-state index is 12.6. The van der Waals surface area contributed by atoms with E-state index in [0.717, 1.165) is 22.6 Å². The van der Waals surface area contributed by atoms with Gasteiger partial charge in [-0.05, 0) is 50.6 Å². The lowest BCUT2D eigenvalue weighted by molar-refractivity contribution is -0.682. The Morgan fingerprint density at radius 1 is 1.34 bits per heavy atom. The van der Waals surface area contributed by atoms with Crippen LogP contribution in [0.1, 0.15) is 41.1 Å². The van der Waals surface area contributed by atoms with Gasteiger partial charge in [0.1, 0.15) is 23.7 Å². The van der Waals surface area contributed by atoms with E-state index in [1.807, 2.05) is 67.1 Å². The number of aromatic nitrogens is 1. The number of rotatable bonds is 7. The van der Waals surface area contributed by atoms with Gasteiger partial charge in [-0.15, -0.1) is 0 Å². The van der Waals surface area contributed by atoms with Crippen molar-refractivity contribution < 1.29 is 14.5 Å². The summed E-state index contributed by atoms with van der Waals surface area (Å²) < 4.78 is 7.35. The van der Waals surface area contributed by atoms with Gasteiger partial charge < -0.3 is 19.6 Å². The molecule has 29 heavy (non-hydrogen) atoms. The minimum absolute atomic E-state index is 0.0771. The van der Waals surface area contributed by atoms with Crippen LogP contribution in [-0.2, 0) is 11.3 Å². The Bertz CT molecular complexity index is 1050. The number of nitrogens with zero attached hydrogens (tertiary/aromatic N) is 2. The van der Waals surface area contributed by atoms with E-state index in [9.17, 15) is 10.1 Å². The molecule has 0 saturated carbocycles. The first-order chi connectivity index (χ1) is 13.9. The maximum Gasteiger partial charge on any atom is 0.280 e. The van der Waals surface area contributed by atoms with Gasteiger partial charge in [0.25, 0.3) is 5.91 Å². The van der Waals surface area contributed by atoms with Crippen molar-refractivity contribution in [2.24, 2.45) is 0 Å². The number of nitriles is 1. The first kappa shape index (κ1) is 20.7. The number of nitrogens with two attached hydrogens (primary N) is 1. The van der Waals surface area contributed by atoms with Gasteiger partial charge in [0, 0.05) is 16.3 Å². The molecule has 0 aliphatic carbocycles. The summed E-state index contributed by atoms with van der Waals surface area (Å²) in [5, 5.41) is 15.1. The first-order valence-electron chi connectivity index (χ1n) is 9.41. The van der Waals surface area contributed by atoms with Crippen LogP contribution in [0, 0.1) is 25.2 Å². The molecular weight excluding hydrogens is 388 g/mol. The van der Waals surface area contributed by atoms with Crippen LogP contribution in [0.25, 0.3) is 0 Å². The highest BCUT2D eigenvalue weighted by atomic mass is 35.5. The minimum Gasteiger partial charge on any atom is -0.467 e. The third-order valence-electron chi connectivity index (χ3n) is 5.12. The lowest BCUT2D eigenvalue weighted by Gasteiger charge is -2.14. The summed E-state index contributed by atoms with van der Waals surface area (Å²) in [6.07, 6.45) is 1.61. The second-order valence-corrected chi connectivity index (χ2v) is 7.48. The summed E-state index contributed by atoms with van der Waals surface area (Å²) in [4.78, 5) is 12.6. The van der Waals surface area contributed by atoms with Crippen molar-refractivity contribution in [3.63, 3.8) is 0 Å². The summed E-state index contributed by atoms with van der Waals surface area (Å²) in [6, 6.07) is 13.6. The molecule has 7 heteroatoms. The molecule has 2 heterocycles. The average Bonchev–Trinajstić information content (AvgIpc) is 3.29. The fourth-order valence-electron chi connectivity index (χ4n) is 3.28. The van der Waals surface area contributed by atoms with Crippen molar-refractivity contribution in [3.8, 4) is 6.07 Å². The zero-order valence-electron chi connectivity index (χ0n) is 16.7. The Balaban J connectivity index is 1.74. The molecule has 6 nitrogen and oxygen atoms in total. The van der Waals surface area contributed by atoms with E-state index in [0.29, 0.717) is 22.9 Å². The Labute approximate surface area is 175 Å². The van der Waals surface area contributed by atoms with E-state index in [4.69, 9.17) is 16.0 Å². The summed E-state index contributed by atoms with van der Waals surface area (Å²) in [5.74, 6) is 1.09. The summed E-state index contributed by atoms with van der Waals surface area (Å²) >= 11 is 6.05. The molecule has 1 atom stereocenters. The minimum atomic E-state index is -0.173. The monoisotopic (exact) mass is 411 g/mol. The van der Waals surface area contributed by atoms with Crippen LogP contribution >= 0.6 is 11.6 Å². The van der Waals surface area contributed by atoms with E-state index in [1.54, 1.807) is 6.26 Å². The summed E-state index contributed by atoms with van der Waals surface area (Å²) in [6.45, 7) is 6.51. The van der Waals surface area contributed by atoms with Crippen LogP contribution < -0.4 is 10.6 Å². The predicted molar refractivity (Wildman–Crippen MR) is 112 cm³/mol. The molecule has 0 unspecified atom stereocenters. The van der Waals surface area contributed by atoms with E-state index in [2.05, 4.69) is 11.4 Å². The molecule has 1 amide bonds. The zero-order valence-corrected chi connectivity index (χ0v) is 17.5.